The fraction of sp³-hybridized carbons (Fsp3) is 0.316. The van der Waals surface area contributed by atoms with Crippen LogP contribution in [0, 0.1) is 5.82 Å². The lowest BCUT2D eigenvalue weighted by molar-refractivity contribution is 0.0716. The molecule has 0 bridgehead atoms. The van der Waals surface area contributed by atoms with Crippen LogP contribution in [0.1, 0.15) is 27.1 Å². The van der Waals surface area contributed by atoms with Crippen molar-refractivity contribution in [2.24, 2.45) is 0 Å². The van der Waals surface area contributed by atoms with Crippen LogP contribution in [0.3, 0.4) is 0 Å². The third-order valence-electron chi connectivity index (χ3n) is 4.39. The van der Waals surface area contributed by atoms with Gasteiger partial charge in [-0.2, -0.15) is 0 Å². The van der Waals surface area contributed by atoms with Crippen LogP contribution in [0.4, 0.5) is 4.39 Å². The molecule has 136 valence electrons. The van der Waals surface area contributed by atoms with E-state index < -0.39 is 5.82 Å². The van der Waals surface area contributed by atoms with Gasteiger partial charge in [-0.1, -0.05) is 0 Å². The highest BCUT2D eigenvalue weighted by Crippen LogP contribution is 2.22. The molecular formula is C19H20FN3O3. The monoisotopic (exact) mass is 357 g/mol. The number of rotatable bonds is 3. The molecule has 1 aromatic heterocycles. The van der Waals surface area contributed by atoms with E-state index in [4.69, 9.17) is 4.74 Å². The molecule has 1 saturated heterocycles. The van der Waals surface area contributed by atoms with Gasteiger partial charge < -0.3 is 14.5 Å². The average molecular weight is 357 g/mol. The molecule has 2 amide bonds. The summed E-state index contributed by atoms with van der Waals surface area (Å²) in [5.74, 6) is -0.520. The highest BCUT2D eigenvalue weighted by molar-refractivity contribution is 5.97. The zero-order chi connectivity index (χ0) is 18.5. The van der Waals surface area contributed by atoms with Gasteiger partial charge in [0.1, 0.15) is 11.6 Å². The Bertz CT molecular complexity index is 798. The molecule has 0 atom stereocenters. The van der Waals surface area contributed by atoms with Crippen molar-refractivity contribution in [2.45, 2.75) is 6.42 Å². The van der Waals surface area contributed by atoms with E-state index in [1.165, 1.54) is 25.3 Å². The molecule has 26 heavy (non-hydrogen) atoms. The van der Waals surface area contributed by atoms with Gasteiger partial charge in [-0.25, -0.2) is 4.39 Å². The number of aromatic nitrogens is 1. The summed E-state index contributed by atoms with van der Waals surface area (Å²) in [6, 6.07) is 7.24. The average Bonchev–Trinajstić information content (AvgIpc) is 2.93. The Morgan fingerprint density at radius 1 is 1.00 bits per heavy atom. The van der Waals surface area contributed by atoms with E-state index in [-0.39, 0.29) is 17.4 Å². The molecule has 0 spiro atoms. The van der Waals surface area contributed by atoms with Crippen LogP contribution in [0.15, 0.2) is 42.7 Å². The number of hydrogen-bond acceptors (Lipinski definition) is 4. The fourth-order valence-electron chi connectivity index (χ4n) is 3.02. The Hall–Kier alpha value is -2.96. The van der Waals surface area contributed by atoms with Crippen molar-refractivity contribution < 1.29 is 18.7 Å². The predicted molar refractivity (Wildman–Crippen MR) is 93.6 cm³/mol. The van der Waals surface area contributed by atoms with Gasteiger partial charge in [0.2, 0.25) is 0 Å². The maximum absolute atomic E-state index is 13.6. The number of methoxy groups -OCH3 is 1. The Balaban J connectivity index is 1.72. The number of carbonyl (C=O) groups is 2. The Kier molecular flexibility index (Phi) is 5.46. The molecule has 2 heterocycles. The summed E-state index contributed by atoms with van der Waals surface area (Å²) in [6.45, 7) is 1.86. The van der Waals surface area contributed by atoms with Crippen LogP contribution in [-0.4, -0.2) is 59.9 Å². The van der Waals surface area contributed by atoms with E-state index in [1.807, 2.05) is 0 Å². The molecular weight excluding hydrogens is 337 g/mol. The van der Waals surface area contributed by atoms with Crippen molar-refractivity contribution in [3.63, 3.8) is 0 Å². The first-order valence-electron chi connectivity index (χ1n) is 8.42. The van der Waals surface area contributed by atoms with Crippen molar-refractivity contribution >= 4 is 11.8 Å². The summed E-state index contributed by atoms with van der Waals surface area (Å²) in [5, 5.41) is 0. The molecule has 7 heteroatoms. The van der Waals surface area contributed by atoms with Crippen LogP contribution >= 0.6 is 0 Å². The Morgan fingerprint density at radius 2 is 1.65 bits per heavy atom. The molecule has 1 aromatic carbocycles. The van der Waals surface area contributed by atoms with Gasteiger partial charge in [-0.3, -0.25) is 14.6 Å². The van der Waals surface area contributed by atoms with Crippen molar-refractivity contribution in [1.29, 1.82) is 0 Å². The molecule has 0 N–H and O–H groups in total. The zero-order valence-corrected chi connectivity index (χ0v) is 14.5. The number of ether oxygens (including phenoxy) is 1. The first-order valence-corrected chi connectivity index (χ1v) is 8.42. The van der Waals surface area contributed by atoms with Crippen molar-refractivity contribution in [2.75, 3.05) is 33.3 Å². The van der Waals surface area contributed by atoms with E-state index in [1.54, 1.807) is 34.3 Å². The second-order valence-corrected chi connectivity index (χ2v) is 6.02. The number of benzene rings is 1. The highest BCUT2D eigenvalue weighted by Gasteiger charge is 2.25. The predicted octanol–water partition coefficient (Wildman–Crippen LogP) is 2.22. The minimum atomic E-state index is -0.488. The maximum Gasteiger partial charge on any atom is 0.257 e. The third-order valence-corrected chi connectivity index (χ3v) is 4.39. The first-order chi connectivity index (χ1) is 12.6. The topological polar surface area (TPSA) is 62.7 Å². The lowest BCUT2D eigenvalue weighted by atomic mass is 10.1. The van der Waals surface area contributed by atoms with Crippen LogP contribution in [0.5, 0.6) is 5.75 Å². The van der Waals surface area contributed by atoms with Gasteiger partial charge in [0.25, 0.3) is 11.8 Å². The standard InChI is InChI=1S/C19H20FN3O3/c1-26-17-4-3-15(20)13-16(17)19(25)23-10-2-9-22(11-12-23)18(24)14-5-7-21-8-6-14/h3-8,13H,2,9-12H2,1H3. The van der Waals surface area contributed by atoms with Crippen molar-refractivity contribution in [3.05, 3.63) is 59.7 Å². The van der Waals surface area contributed by atoms with Gasteiger partial charge in [0, 0.05) is 44.1 Å². The largest absolute Gasteiger partial charge is 0.496 e. The van der Waals surface area contributed by atoms with Crippen LogP contribution in [0.25, 0.3) is 0 Å². The lowest BCUT2D eigenvalue weighted by Crippen LogP contribution is -2.37. The molecule has 6 nitrogen and oxygen atoms in total. The van der Waals surface area contributed by atoms with Gasteiger partial charge in [-0.05, 0) is 36.8 Å². The SMILES string of the molecule is COc1ccc(F)cc1C(=O)N1CCCN(C(=O)c2ccncc2)CC1. The summed E-state index contributed by atoms with van der Waals surface area (Å²) in [6.07, 6.45) is 3.81. The zero-order valence-electron chi connectivity index (χ0n) is 14.5. The maximum atomic E-state index is 13.6. The second kappa shape index (κ2) is 7.95. The molecule has 3 rings (SSSR count). The molecule has 1 aliphatic rings. The quantitative estimate of drug-likeness (QED) is 0.845. The van der Waals surface area contributed by atoms with E-state index in [2.05, 4.69) is 4.98 Å². The minimum absolute atomic E-state index is 0.0787. The second-order valence-electron chi connectivity index (χ2n) is 6.02. The summed E-state index contributed by atoms with van der Waals surface area (Å²) >= 11 is 0. The van der Waals surface area contributed by atoms with Crippen molar-refractivity contribution in [1.82, 2.24) is 14.8 Å². The summed E-state index contributed by atoms with van der Waals surface area (Å²) in [5.41, 5.74) is 0.771. The summed E-state index contributed by atoms with van der Waals surface area (Å²) < 4.78 is 18.7. The first kappa shape index (κ1) is 17.8. The van der Waals surface area contributed by atoms with E-state index >= 15 is 0 Å². The van der Waals surface area contributed by atoms with E-state index in [0.29, 0.717) is 43.9 Å². The number of nitrogens with zero attached hydrogens (tertiary/aromatic N) is 3. The molecule has 0 aliphatic carbocycles. The number of pyridine rings is 1. The Morgan fingerprint density at radius 3 is 2.31 bits per heavy atom. The van der Waals surface area contributed by atoms with Crippen LogP contribution < -0.4 is 4.74 Å². The number of hydrogen-bond donors (Lipinski definition) is 0. The van der Waals surface area contributed by atoms with Crippen LogP contribution in [-0.2, 0) is 0 Å². The third kappa shape index (κ3) is 3.82. The van der Waals surface area contributed by atoms with Crippen LogP contribution in [0.2, 0.25) is 0 Å². The van der Waals surface area contributed by atoms with Gasteiger partial charge >= 0.3 is 0 Å². The molecule has 0 saturated carbocycles. The minimum Gasteiger partial charge on any atom is -0.496 e. The van der Waals surface area contributed by atoms with Crippen molar-refractivity contribution in [3.8, 4) is 5.75 Å². The lowest BCUT2D eigenvalue weighted by Gasteiger charge is -2.23. The Labute approximate surface area is 151 Å². The highest BCUT2D eigenvalue weighted by atomic mass is 19.1. The number of carbonyl (C=O) groups excluding carboxylic acids is 2. The normalized spacial score (nSPS) is 14.7. The molecule has 1 fully saturated rings. The number of amides is 2. The summed E-state index contributed by atoms with van der Waals surface area (Å²) in [7, 11) is 1.45. The smallest absolute Gasteiger partial charge is 0.257 e. The van der Waals surface area contributed by atoms with Gasteiger partial charge in [0.05, 0.1) is 12.7 Å². The number of halogens is 1. The van der Waals surface area contributed by atoms with E-state index in [0.717, 1.165) is 0 Å². The fourth-order valence-corrected chi connectivity index (χ4v) is 3.02. The molecule has 0 radical (unpaired) electrons. The van der Waals surface area contributed by atoms with Gasteiger partial charge in [-0.15, -0.1) is 0 Å². The molecule has 0 unspecified atom stereocenters. The molecule has 2 aromatic rings. The van der Waals surface area contributed by atoms with Gasteiger partial charge in [0.15, 0.2) is 0 Å². The molecule has 1 aliphatic heterocycles. The summed E-state index contributed by atoms with van der Waals surface area (Å²) in [4.78, 5) is 32.6. The van der Waals surface area contributed by atoms with E-state index in [9.17, 15) is 14.0 Å².